The fraction of sp³-hybridized carbons (Fsp3) is 0.588. The first-order valence-electron chi connectivity index (χ1n) is 8.34. The van der Waals surface area contributed by atoms with Gasteiger partial charge in [-0.1, -0.05) is 29.3 Å². The summed E-state index contributed by atoms with van der Waals surface area (Å²) in [7, 11) is 0. The van der Waals surface area contributed by atoms with Crippen molar-refractivity contribution in [3.05, 3.63) is 28.2 Å². The van der Waals surface area contributed by atoms with Crippen LogP contribution in [0.5, 0.6) is 5.75 Å². The zero-order valence-corrected chi connectivity index (χ0v) is 17.1. The third-order valence-corrected chi connectivity index (χ3v) is 4.72. The summed E-state index contributed by atoms with van der Waals surface area (Å²) in [5, 5.41) is 17.3. The third-order valence-electron chi connectivity index (χ3n) is 3.22. The molecule has 0 saturated carbocycles. The van der Waals surface area contributed by atoms with Gasteiger partial charge in [-0.05, 0) is 43.9 Å². The van der Waals surface area contributed by atoms with Crippen molar-refractivity contribution < 1.29 is 9.84 Å². The standard InChI is InChI=1S/C17H27Cl2N3O2S/c1-3-20-17(21-9-4-5-10-25-2)22-11-13(23)12-24-15-8-6-7-14(18)16(15)19/h6-8,13,23H,3-5,9-12H2,1-2H3,(H2,20,21,22). The topological polar surface area (TPSA) is 65.9 Å². The molecule has 0 saturated heterocycles. The molecule has 0 heterocycles. The van der Waals surface area contributed by atoms with E-state index >= 15 is 0 Å². The number of rotatable bonds is 11. The number of ether oxygens (including phenoxy) is 1. The lowest BCUT2D eigenvalue weighted by atomic mass is 10.3. The Kier molecular flexibility index (Phi) is 11.9. The first-order chi connectivity index (χ1) is 12.1. The Morgan fingerprint density at radius 3 is 2.84 bits per heavy atom. The van der Waals surface area contributed by atoms with Gasteiger partial charge in [0.2, 0.25) is 0 Å². The summed E-state index contributed by atoms with van der Waals surface area (Å²) in [6.45, 7) is 3.96. The number of hydrogen-bond donors (Lipinski definition) is 3. The number of thioether (sulfide) groups is 1. The molecular weight excluding hydrogens is 381 g/mol. The van der Waals surface area contributed by atoms with Crippen LogP contribution in [0.2, 0.25) is 10.0 Å². The lowest BCUT2D eigenvalue weighted by Crippen LogP contribution is -2.38. The first kappa shape index (κ1) is 22.2. The van der Waals surface area contributed by atoms with Crippen LogP contribution in [0.3, 0.4) is 0 Å². The highest BCUT2D eigenvalue weighted by Crippen LogP contribution is 2.31. The second-order valence-electron chi connectivity index (χ2n) is 5.36. The van der Waals surface area contributed by atoms with Gasteiger partial charge in [-0.2, -0.15) is 11.8 Å². The van der Waals surface area contributed by atoms with Crippen molar-refractivity contribution in [3.8, 4) is 5.75 Å². The van der Waals surface area contributed by atoms with Crippen LogP contribution >= 0.6 is 35.0 Å². The zero-order valence-electron chi connectivity index (χ0n) is 14.7. The maximum atomic E-state index is 10.1. The van der Waals surface area contributed by atoms with E-state index in [2.05, 4.69) is 21.9 Å². The van der Waals surface area contributed by atoms with Crippen molar-refractivity contribution in [2.75, 3.05) is 38.2 Å². The van der Waals surface area contributed by atoms with E-state index in [-0.39, 0.29) is 13.2 Å². The number of aliphatic hydroxyl groups excluding tert-OH is 1. The van der Waals surface area contributed by atoms with Gasteiger partial charge in [-0.25, -0.2) is 0 Å². The molecule has 0 radical (unpaired) electrons. The number of unbranched alkanes of at least 4 members (excludes halogenated alkanes) is 1. The summed E-state index contributed by atoms with van der Waals surface area (Å²) in [5.74, 6) is 2.32. The molecule has 0 aromatic heterocycles. The van der Waals surface area contributed by atoms with Crippen LogP contribution in [0.15, 0.2) is 23.2 Å². The van der Waals surface area contributed by atoms with Gasteiger partial charge in [-0.15, -0.1) is 0 Å². The van der Waals surface area contributed by atoms with Crippen molar-refractivity contribution in [2.24, 2.45) is 4.99 Å². The van der Waals surface area contributed by atoms with Crippen LogP contribution < -0.4 is 15.4 Å². The zero-order chi connectivity index (χ0) is 18.5. The summed E-state index contributed by atoms with van der Waals surface area (Å²) >= 11 is 13.8. The van der Waals surface area contributed by atoms with Gasteiger partial charge in [0.05, 0.1) is 11.6 Å². The lowest BCUT2D eigenvalue weighted by Gasteiger charge is -2.14. The Morgan fingerprint density at radius 1 is 1.32 bits per heavy atom. The van der Waals surface area contributed by atoms with Crippen molar-refractivity contribution in [2.45, 2.75) is 25.9 Å². The van der Waals surface area contributed by atoms with E-state index in [1.54, 1.807) is 18.2 Å². The van der Waals surface area contributed by atoms with Crippen LogP contribution in [-0.2, 0) is 0 Å². The molecule has 1 rings (SSSR count). The fourth-order valence-electron chi connectivity index (χ4n) is 1.95. The average molecular weight is 408 g/mol. The maximum absolute atomic E-state index is 10.1. The SMILES string of the molecule is CCNC(=NCC(O)COc1cccc(Cl)c1Cl)NCCCCSC. The molecule has 5 nitrogen and oxygen atoms in total. The predicted molar refractivity (Wildman–Crippen MR) is 110 cm³/mol. The summed E-state index contributed by atoms with van der Waals surface area (Å²) in [4.78, 5) is 4.38. The largest absolute Gasteiger partial charge is 0.489 e. The number of aliphatic hydroxyl groups is 1. The van der Waals surface area contributed by atoms with E-state index in [1.165, 1.54) is 6.42 Å². The van der Waals surface area contributed by atoms with Gasteiger partial charge in [0.25, 0.3) is 0 Å². The van der Waals surface area contributed by atoms with Crippen molar-refractivity contribution in [1.29, 1.82) is 0 Å². The minimum absolute atomic E-state index is 0.0939. The minimum atomic E-state index is -0.734. The van der Waals surface area contributed by atoms with Gasteiger partial charge >= 0.3 is 0 Å². The van der Waals surface area contributed by atoms with Crippen LogP contribution in [0.25, 0.3) is 0 Å². The number of guanidine groups is 1. The highest BCUT2D eigenvalue weighted by molar-refractivity contribution is 7.98. The molecule has 25 heavy (non-hydrogen) atoms. The highest BCUT2D eigenvalue weighted by atomic mass is 35.5. The smallest absolute Gasteiger partial charge is 0.191 e. The second-order valence-corrected chi connectivity index (χ2v) is 7.13. The van der Waals surface area contributed by atoms with Gasteiger partial charge in [0.15, 0.2) is 5.96 Å². The predicted octanol–water partition coefficient (Wildman–Crippen LogP) is 3.43. The number of hydrogen-bond acceptors (Lipinski definition) is 4. The van der Waals surface area contributed by atoms with E-state index in [9.17, 15) is 5.11 Å². The molecule has 1 aromatic rings. The summed E-state index contributed by atoms with van der Waals surface area (Å²) < 4.78 is 5.52. The van der Waals surface area contributed by atoms with Gasteiger partial charge in [0.1, 0.15) is 23.5 Å². The Morgan fingerprint density at radius 2 is 2.12 bits per heavy atom. The average Bonchev–Trinajstić information content (AvgIpc) is 2.60. The number of aliphatic imine (C=N–C) groups is 1. The normalized spacial score (nSPS) is 12.8. The second kappa shape index (κ2) is 13.4. The molecular formula is C17H27Cl2N3O2S. The molecule has 3 N–H and O–H groups in total. The lowest BCUT2D eigenvalue weighted by molar-refractivity contribution is 0.114. The van der Waals surface area contributed by atoms with E-state index in [0.717, 1.165) is 25.3 Å². The maximum Gasteiger partial charge on any atom is 0.191 e. The molecule has 0 aliphatic heterocycles. The minimum Gasteiger partial charge on any atom is -0.489 e. The number of nitrogens with one attached hydrogen (secondary N) is 2. The molecule has 0 fully saturated rings. The van der Waals surface area contributed by atoms with E-state index in [1.807, 2.05) is 18.7 Å². The first-order valence-corrected chi connectivity index (χ1v) is 10.5. The van der Waals surface area contributed by atoms with Crippen molar-refractivity contribution in [3.63, 3.8) is 0 Å². The summed E-state index contributed by atoms with van der Waals surface area (Å²) in [6, 6.07) is 5.15. The van der Waals surface area contributed by atoms with Crippen LogP contribution in [0.1, 0.15) is 19.8 Å². The Labute approximate surface area is 164 Å². The number of halogens is 2. The van der Waals surface area contributed by atoms with Crippen LogP contribution in [0, 0.1) is 0 Å². The number of benzene rings is 1. The van der Waals surface area contributed by atoms with Crippen molar-refractivity contribution in [1.82, 2.24) is 10.6 Å². The Hall–Kier alpha value is -0.820. The number of nitrogens with zero attached hydrogens (tertiary/aromatic N) is 1. The van der Waals surface area contributed by atoms with E-state index in [0.29, 0.717) is 21.8 Å². The van der Waals surface area contributed by atoms with Crippen LogP contribution in [0.4, 0.5) is 0 Å². The fourth-order valence-corrected chi connectivity index (χ4v) is 2.79. The molecule has 1 aromatic carbocycles. The van der Waals surface area contributed by atoms with Gasteiger partial charge in [-0.3, -0.25) is 4.99 Å². The molecule has 0 aliphatic rings. The molecule has 0 bridgehead atoms. The molecule has 142 valence electrons. The summed E-state index contributed by atoms with van der Waals surface area (Å²) in [6.07, 6.45) is 3.63. The van der Waals surface area contributed by atoms with Crippen LogP contribution in [-0.4, -0.2) is 55.4 Å². The van der Waals surface area contributed by atoms with E-state index < -0.39 is 6.10 Å². The van der Waals surface area contributed by atoms with Crippen molar-refractivity contribution >= 4 is 40.9 Å². The molecule has 1 atom stereocenters. The molecule has 0 spiro atoms. The third kappa shape index (κ3) is 9.45. The highest BCUT2D eigenvalue weighted by Gasteiger charge is 2.09. The monoisotopic (exact) mass is 407 g/mol. The summed E-state index contributed by atoms with van der Waals surface area (Å²) in [5.41, 5.74) is 0. The van der Waals surface area contributed by atoms with Gasteiger partial charge in [0, 0.05) is 13.1 Å². The molecule has 0 aliphatic carbocycles. The molecule has 0 amide bonds. The quantitative estimate of drug-likeness (QED) is 0.297. The molecule has 8 heteroatoms. The van der Waals surface area contributed by atoms with E-state index in [4.69, 9.17) is 27.9 Å². The van der Waals surface area contributed by atoms with Gasteiger partial charge < -0.3 is 20.5 Å². The molecule has 1 unspecified atom stereocenters. The Balaban J connectivity index is 2.39. The Bertz CT molecular complexity index is 533.